The molecule has 1 aliphatic heterocycles. The van der Waals surface area contributed by atoms with Gasteiger partial charge in [-0.2, -0.15) is 5.10 Å². The summed E-state index contributed by atoms with van der Waals surface area (Å²) in [4.78, 5) is 17.0. The number of amides is 1. The van der Waals surface area contributed by atoms with Crippen molar-refractivity contribution in [3.8, 4) is 11.4 Å². The summed E-state index contributed by atoms with van der Waals surface area (Å²) in [5, 5.41) is 5.17. The third-order valence-electron chi connectivity index (χ3n) is 4.79. The fraction of sp³-hybridized carbons (Fsp3) is 0.238. The SMILES string of the molecule is Cc1nn(-c2ccc(Cl)cc2)cc1C(=O)N1CCOc2cc(N(C)C)ccc21. The maximum Gasteiger partial charge on any atom is 0.261 e. The van der Waals surface area contributed by atoms with Gasteiger partial charge in [0.1, 0.15) is 12.4 Å². The quantitative estimate of drug-likeness (QED) is 0.672. The molecular formula is C21H21ClN4O2. The molecule has 28 heavy (non-hydrogen) atoms. The number of carbonyl (C=O) groups excluding carboxylic acids is 1. The van der Waals surface area contributed by atoms with Crippen LogP contribution in [0, 0.1) is 6.92 Å². The lowest BCUT2D eigenvalue weighted by molar-refractivity contribution is 0.0976. The van der Waals surface area contributed by atoms with Crippen LogP contribution in [0.2, 0.25) is 5.02 Å². The molecule has 0 atom stereocenters. The van der Waals surface area contributed by atoms with E-state index >= 15 is 0 Å². The van der Waals surface area contributed by atoms with Gasteiger partial charge in [-0.25, -0.2) is 4.68 Å². The molecule has 0 saturated carbocycles. The Morgan fingerprint density at radius 1 is 1.18 bits per heavy atom. The van der Waals surface area contributed by atoms with Gasteiger partial charge in [0.2, 0.25) is 0 Å². The molecule has 4 rings (SSSR count). The summed E-state index contributed by atoms with van der Waals surface area (Å²) < 4.78 is 7.50. The van der Waals surface area contributed by atoms with Crippen LogP contribution in [0.3, 0.4) is 0 Å². The second-order valence-corrected chi connectivity index (χ2v) is 7.34. The number of rotatable bonds is 3. The van der Waals surface area contributed by atoms with Gasteiger partial charge in [0.25, 0.3) is 5.91 Å². The molecule has 0 spiro atoms. The van der Waals surface area contributed by atoms with Crippen molar-refractivity contribution in [1.82, 2.24) is 9.78 Å². The van der Waals surface area contributed by atoms with E-state index < -0.39 is 0 Å². The number of benzene rings is 2. The molecule has 1 aromatic heterocycles. The predicted octanol–water partition coefficient (Wildman–Crippen LogP) is 3.94. The molecule has 3 aromatic rings. The Balaban J connectivity index is 1.67. The number of aryl methyl sites for hydroxylation is 1. The van der Waals surface area contributed by atoms with E-state index in [1.165, 1.54) is 0 Å². The summed E-state index contributed by atoms with van der Waals surface area (Å²) in [5.41, 5.74) is 3.90. The zero-order chi connectivity index (χ0) is 19.8. The van der Waals surface area contributed by atoms with E-state index in [-0.39, 0.29) is 5.91 Å². The molecule has 0 fully saturated rings. The average Bonchev–Trinajstić information content (AvgIpc) is 3.08. The zero-order valence-corrected chi connectivity index (χ0v) is 16.8. The highest BCUT2D eigenvalue weighted by Gasteiger charge is 2.27. The lowest BCUT2D eigenvalue weighted by Gasteiger charge is -2.30. The van der Waals surface area contributed by atoms with Crippen molar-refractivity contribution < 1.29 is 9.53 Å². The molecule has 0 saturated heterocycles. The number of aromatic nitrogens is 2. The number of fused-ring (bicyclic) bond motifs is 1. The smallest absolute Gasteiger partial charge is 0.261 e. The van der Waals surface area contributed by atoms with Gasteiger partial charge in [-0.15, -0.1) is 0 Å². The van der Waals surface area contributed by atoms with Crippen molar-refractivity contribution in [2.24, 2.45) is 0 Å². The Hall–Kier alpha value is -2.99. The molecule has 0 N–H and O–H groups in total. The molecule has 0 radical (unpaired) electrons. The number of ether oxygens (including phenoxy) is 1. The first-order valence-electron chi connectivity index (χ1n) is 9.02. The Kier molecular flexibility index (Phi) is 4.73. The van der Waals surface area contributed by atoms with Crippen molar-refractivity contribution in [2.75, 3.05) is 37.0 Å². The number of anilines is 2. The number of halogens is 1. The molecule has 0 bridgehead atoms. The van der Waals surface area contributed by atoms with Gasteiger partial charge in [-0.05, 0) is 43.3 Å². The van der Waals surface area contributed by atoms with Crippen LogP contribution in [0.5, 0.6) is 5.75 Å². The summed E-state index contributed by atoms with van der Waals surface area (Å²) in [7, 11) is 3.95. The summed E-state index contributed by atoms with van der Waals surface area (Å²) in [6.07, 6.45) is 1.77. The molecule has 144 valence electrons. The number of hydrogen-bond donors (Lipinski definition) is 0. The maximum absolute atomic E-state index is 13.3. The predicted molar refractivity (Wildman–Crippen MR) is 111 cm³/mol. The van der Waals surface area contributed by atoms with E-state index in [9.17, 15) is 4.79 Å². The van der Waals surface area contributed by atoms with Crippen LogP contribution in [0.15, 0.2) is 48.7 Å². The maximum atomic E-state index is 13.3. The van der Waals surface area contributed by atoms with Crippen LogP contribution in [-0.2, 0) is 0 Å². The van der Waals surface area contributed by atoms with Gasteiger partial charge < -0.3 is 14.5 Å². The highest BCUT2D eigenvalue weighted by atomic mass is 35.5. The second-order valence-electron chi connectivity index (χ2n) is 6.90. The summed E-state index contributed by atoms with van der Waals surface area (Å²) in [5.74, 6) is 0.633. The van der Waals surface area contributed by atoms with Crippen molar-refractivity contribution in [2.45, 2.75) is 6.92 Å². The van der Waals surface area contributed by atoms with E-state index in [0.717, 1.165) is 17.1 Å². The van der Waals surface area contributed by atoms with Gasteiger partial charge in [-0.1, -0.05) is 11.6 Å². The van der Waals surface area contributed by atoms with E-state index in [4.69, 9.17) is 16.3 Å². The highest BCUT2D eigenvalue weighted by molar-refractivity contribution is 6.30. The number of carbonyl (C=O) groups is 1. The largest absolute Gasteiger partial charge is 0.489 e. The normalized spacial score (nSPS) is 13.1. The third-order valence-corrected chi connectivity index (χ3v) is 5.04. The van der Waals surface area contributed by atoms with Gasteiger partial charge in [0.15, 0.2) is 0 Å². The van der Waals surface area contributed by atoms with Crippen LogP contribution in [0.25, 0.3) is 5.69 Å². The Morgan fingerprint density at radius 2 is 1.93 bits per heavy atom. The van der Waals surface area contributed by atoms with E-state index in [1.807, 2.05) is 56.3 Å². The third kappa shape index (κ3) is 3.31. The first kappa shape index (κ1) is 18.4. The van der Waals surface area contributed by atoms with Crippen LogP contribution in [0.4, 0.5) is 11.4 Å². The number of nitrogens with zero attached hydrogens (tertiary/aromatic N) is 4. The van der Waals surface area contributed by atoms with Crippen molar-refractivity contribution in [1.29, 1.82) is 0 Å². The molecule has 0 aliphatic carbocycles. The van der Waals surface area contributed by atoms with E-state index in [1.54, 1.807) is 27.9 Å². The minimum atomic E-state index is -0.0835. The Morgan fingerprint density at radius 3 is 2.64 bits per heavy atom. The molecule has 1 aliphatic rings. The topological polar surface area (TPSA) is 50.6 Å². The van der Waals surface area contributed by atoms with Crippen molar-refractivity contribution >= 4 is 28.9 Å². The van der Waals surface area contributed by atoms with Crippen LogP contribution < -0.4 is 14.5 Å². The average molecular weight is 397 g/mol. The minimum absolute atomic E-state index is 0.0835. The fourth-order valence-corrected chi connectivity index (χ4v) is 3.37. The van der Waals surface area contributed by atoms with E-state index in [0.29, 0.717) is 35.2 Å². The first-order chi connectivity index (χ1) is 13.4. The molecule has 2 heterocycles. The monoisotopic (exact) mass is 396 g/mol. The molecule has 0 unspecified atom stereocenters. The van der Waals surface area contributed by atoms with Crippen molar-refractivity contribution in [3.63, 3.8) is 0 Å². The summed E-state index contributed by atoms with van der Waals surface area (Å²) in [6.45, 7) is 2.80. The minimum Gasteiger partial charge on any atom is -0.489 e. The molecule has 2 aromatic carbocycles. The summed E-state index contributed by atoms with van der Waals surface area (Å²) >= 11 is 5.96. The van der Waals surface area contributed by atoms with E-state index in [2.05, 4.69) is 5.10 Å². The van der Waals surface area contributed by atoms with Gasteiger partial charge >= 0.3 is 0 Å². The lowest BCUT2D eigenvalue weighted by atomic mass is 10.1. The fourth-order valence-electron chi connectivity index (χ4n) is 3.24. The molecule has 1 amide bonds. The lowest BCUT2D eigenvalue weighted by Crippen LogP contribution is -2.38. The standard InChI is InChI=1S/C21H21ClN4O2/c1-14-18(13-26(23-14)16-6-4-15(22)5-7-16)21(27)25-10-11-28-20-12-17(24(2)3)8-9-19(20)25/h4-9,12-13H,10-11H2,1-3H3. The van der Waals surface area contributed by atoms with Crippen molar-refractivity contribution in [3.05, 3.63) is 64.9 Å². The highest BCUT2D eigenvalue weighted by Crippen LogP contribution is 2.35. The van der Waals surface area contributed by atoms with Crippen LogP contribution in [0.1, 0.15) is 16.1 Å². The van der Waals surface area contributed by atoms with Crippen LogP contribution in [-0.4, -0.2) is 42.9 Å². The van der Waals surface area contributed by atoms with Crippen LogP contribution >= 0.6 is 11.6 Å². The summed E-state index contributed by atoms with van der Waals surface area (Å²) in [6, 6.07) is 13.2. The van der Waals surface area contributed by atoms with Gasteiger partial charge in [0.05, 0.1) is 29.2 Å². The molecular weight excluding hydrogens is 376 g/mol. The molecule has 7 heteroatoms. The second kappa shape index (κ2) is 7.20. The van der Waals surface area contributed by atoms with Gasteiger partial charge in [-0.3, -0.25) is 4.79 Å². The number of hydrogen-bond acceptors (Lipinski definition) is 4. The Bertz CT molecular complexity index is 1030. The first-order valence-corrected chi connectivity index (χ1v) is 9.40. The van der Waals surface area contributed by atoms with Gasteiger partial charge in [0, 0.05) is 37.1 Å². The zero-order valence-electron chi connectivity index (χ0n) is 16.0. The Labute approximate surface area is 168 Å². The molecule has 6 nitrogen and oxygen atoms in total.